The van der Waals surface area contributed by atoms with Crippen LogP contribution in [0.2, 0.25) is 0 Å². The van der Waals surface area contributed by atoms with Crippen LogP contribution in [0.15, 0.2) is 18.2 Å². The number of ether oxygens (including phenoxy) is 1. The average Bonchev–Trinajstić information content (AvgIpc) is 2.45. The summed E-state index contributed by atoms with van der Waals surface area (Å²) in [4.78, 5) is 5.12. The van der Waals surface area contributed by atoms with Crippen LogP contribution >= 0.6 is 0 Å². The second-order valence-corrected chi connectivity index (χ2v) is 6.56. The number of rotatable bonds is 3. The SMILES string of the molecule is CC(C)Oc1cc(N)cc(N2CCN3CCCCC3C2)c1. The number of piperidine rings is 1. The number of nitrogens with zero attached hydrogens (tertiary/aromatic N) is 2. The molecule has 0 saturated carbocycles. The third-order valence-electron chi connectivity index (χ3n) is 4.49. The standard InChI is InChI=1S/C17H27N3O/c1-13(2)21-17-10-14(18)9-16(11-17)20-8-7-19-6-4-3-5-15(19)12-20/h9-11,13,15H,3-8,12,18H2,1-2H3. The molecule has 1 aromatic rings. The Morgan fingerprint density at radius 1 is 1.14 bits per heavy atom. The van der Waals surface area contributed by atoms with Crippen molar-refractivity contribution in [3.63, 3.8) is 0 Å². The van der Waals surface area contributed by atoms with Crippen molar-refractivity contribution >= 4 is 11.4 Å². The van der Waals surface area contributed by atoms with Gasteiger partial charge in [0.25, 0.3) is 0 Å². The van der Waals surface area contributed by atoms with Gasteiger partial charge in [-0.1, -0.05) is 6.42 Å². The summed E-state index contributed by atoms with van der Waals surface area (Å²) in [5.41, 5.74) is 8.05. The summed E-state index contributed by atoms with van der Waals surface area (Å²) in [6.07, 6.45) is 4.23. The molecule has 2 fully saturated rings. The molecular formula is C17H27N3O. The molecule has 3 rings (SSSR count). The van der Waals surface area contributed by atoms with Gasteiger partial charge in [0.2, 0.25) is 0 Å². The highest BCUT2D eigenvalue weighted by Gasteiger charge is 2.29. The number of hydrogen-bond acceptors (Lipinski definition) is 4. The third-order valence-corrected chi connectivity index (χ3v) is 4.49. The van der Waals surface area contributed by atoms with E-state index in [0.29, 0.717) is 6.04 Å². The number of fused-ring (bicyclic) bond motifs is 1. The van der Waals surface area contributed by atoms with Gasteiger partial charge in [-0.25, -0.2) is 0 Å². The molecule has 0 aromatic heterocycles. The molecule has 0 radical (unpaired) electrons. The second-order valence-electron chi connectivity index (χ2n) is 6.56. The largest absolute Gasteiger partial charge is 0.491 e. The third kappa shape index (κ3) is 3.43. The van der Waals surface area contributed by atoms with Crippen LogP contribution in [0.4, 0.5) is 11.4 Å². The van der Waals surface area contributed by atoms with Crippen LogP contribution in [0.1, 0.15) is 33.1 Å². The van der Waals surface area contributed by atoms with Gasteiger partial charge in [0.15, 0.2) is 0 Å². The van der Waals surface area contributed by atoms with Crippen LogP contribution in [-0.2, 0) is 0 Å². The van der Waals surface area contributed by atoms with Gasteiger partial charge in [0.1, 0.15) is 5.75 Å². The average molecular weight is 289 g/mol. The first-order valence-corrected chi connectivity index (χ1v) is 8.18. The maximum Gasteiger partial charge on any atom is 0.123 e. The van der Waals surface area contributed by atoms with Crippen LogP contribution in [0, 0.1) is 0 Å². The zero-order valence-electron chi connectivity index (χ0n) is 13.2. The van der Waals surface area contributed by atoms with Gasteiger partial charge in [-0.3, -0.25) is 4.90 Å². The lowest BCUT2D eigenvalue weighted by atomic mass is 9.99. The van der Waals surface area contributed by atoms with E-state index in [1.165, 1.54) is 38.0 Å². The Kier molecular flexibility index (Phi) is 4.24. The van der Waals surface area contributed by atoms with Crippen molar-refractivity contribution in [2.45, 2.75) is 45.3 Å². The Labute approximate surface area is 127 Å². The first-order valence-electron chi connectivity index (χ1n) is 8.18. The Bertz CT molecular complexity index is 489. The highest BCUT2D eigenvalue weighted by molar-refractivity contribution is 5.61. The maximum absolute atomic E-state index is 6.06. The zero-order chi connectivity index (χ0) is 14.8. The minimum atomic E-state index is 0.176. The summed E-state index contributed by atoms with van der Waals surface area (Å²) in [7, 11) is 0. The Morgan fingerprint density at radius 2 is 2.00 bits per heavy atom. The van der Waals surface area contributed by atoms with Crippen molar-refractivity contribution in [3.8, 4) is 5.75 Å². The molecule has 1 atom stereocenters. The smallest absolute Gasteiger partial charge is 0.123 e. The summed E-state index contributed by atoms with van der Waals surface area (Å²) in [5, 5.41) is 0. The molecule has 0 spiro atoms. The fraction of sp³-hybridized carbons (Fsp3) is 0.647. The highest BCUT2D eigenvalue weighted by Crippen LogP contribution is 2.30. The number of hydrogen-bond donors (Lipinski definition) is 1. The molecule has 21 heavy (non-hydrogen) atoms. The van der Waals surface area contributed by atoms with E-state index in [4.69, 9.17) is 10.5 Å². The van der Waals surface area contributed by atoms with E-state index >= 15 is 0 Å². The first kappa shape index (κ1) is 14.5. The van der Waals surface area contributed by atoms with Crippen LogP contribution in [-0.4, -0.2) is 43.2 Å². The van der Waals surface area contributed by atoms with Crippen molar-refractivity contribution in [2.24, 2.45) is 0 Å². The van der Waals surface area contributed by atoms with Gasteiger partial charge in [0.05, 0.1) is 6.10 Å². The molecule has 2 saturated heterocycles. The van der Waals surface area contributed by atoms with Crippen molar-refractivity contribution in [1.29, 1.82) is 0 Å². The van der Waals surface area contributed by atoms with Gasteiger partial charge in [-0.05, 0) is 39.3 Å². The molecule has 4 nitrogen and oxygen atoms in total. The van der Waals surface area contributed by atoms with Gasteiger partial charge in [0, 0.05) is 49.2 Å². The summed E-state index contributed by atoms with van der Waals surface area (Å²) < 4.78 is 5.82. The van der Waals surface area contributed by atoms with Crippen LogP contribution in [0.5, 0.6) is 5.75 Å². The van der Waals surface area contributed by atoms with Crippen LogP contribution < -0.4 is 15.4 Å². The van der Waals surface area contributed by atoms with Gasteiger partial charge < -0.3 is 15.4 Å². The predicted molar refractivity (Wildman–Crippen MR) is 88.0 cm³/mol. The van der Waals surface area contributed by atoms with Gasteiger partial charge >= 0.3 is 0 Å². The molecule has 0 aliphatic carbocycles. The normalized spacial score (nSPS) is 23.2. The molecule has 2 heterocycles. The van der Waals surface area contributed by atoms with E-state index < -0.39 is 0 Å². The number of nitrogens with two attached hydrogens (primary N) is 1. The van der Waals surface area contributed by atoms with Crippen molar-refractivity contribution in [1.82, 2.24) is 4.90 Å². The van der Waals surface area contributed by atoms with E-state index in [0.717, 1.165) is 24.5 Å². The van der Waals surface area contributed by atoms with E-state index in [1.54, 1.807) is 0 Å². The van der Waals surface area contributed by atoms with E-state index in [2.05, 4.69) is 21.9 Å². The van der Waals surface area contributed by atoms with Crippen molar-refractivity contribution < 1.29 is 4.74 Å². The lowest BCUT2D eigenvalue weighted by Gasteiger charge is -2.45. The highest BCUT2D eigenvalue weighted by atomic mass is 16.5. The lowest BCUT2D eigenvalue weighted by molar-refractivity contribution is 0.133. The Morgan fingerprint density at radius 3 is 2.81 bits per heavy atom. The molecule has 1 aromatic carbocycles. The second kappa shape index (κ2) is 6.14. The number of nitrogen functional groups attached to an aromatic ring is 1. The molecule has 0 bridgehead atoms. The zero-order valence-corrected chi connectivity index (χ0v) is 13.2. The predicted octanol–water partition coefficient (Wildman–Crippen LogP) is 2.73. The number of anilines is 2. The number of piperazine rings is 1. The Balaban J connectivity index is 1.75. The fourth-order valence-electron chi connectivity index (χ4n) is 3.52. The molecule has 0 amide bonds. The van der Waals surface area contributed by atoms with E-state index in [9.17, 15) is 0 Å². The molecule has 116 valence electrons. The van der Waals surface area contributed by atoms with Crippen LogP contribution in [0.3, 0.4) is 0 Å². The van der Waals surface area contributed by atoms with Crippen LogP contribution in [0.25, 0.3) is 0 Å². The molecular weight excluding hydrogens is 262 g/mol. The van der Waals surface area contributed by atoms with Gasteiger partial charge in [-0.2, -0.15) is 0 Å². The fourth-order valence-corrected chi connectivity index (χ4v) is 3.52. The monoisotopic (exact) mass is 289 g/mol. The maximum atomic E-state index is 6.06. The molecule has 1 unspecified atom stereocenters. The van der Waals surface area contributed by atoms with Gasteiger partial charge in [-0.15, -0.1) is 0 Å². The van der Waals surface area contributed by atoms with Crippen molar-refractivity contribution in [2.75, 3.05) is 36.8 Å². The summed E-state index contributed by atoms with van der Waals surface area (Å²) in [5.74, 6) is 0.881. The quantitative estimate of drug-likeness (QED) is 0.869. The summed E-state index contributed by atoms with van der Waals surface area (Å²) >= 11 is 0. The molecule has 4 heteroatoms. The number of benzene rings is 1. The molecule has 2 aliphatic rings. The summed E-state index contributed by atoms with van der Waals surface area (Å²) in [6.45, 7) is 8.73. The summed E-state index contributed by atoms with van der Waals surface area (Å²) in [6, 6.07) is 6.84. The topological polar surface area (TPSA) is 41.7 Å². The minimum Gasteiger partial charge on any atom is -0.491 e. The lowest BCUT2D eigenvalue weighted by Crippen LogP contribution is -2.54. The minimum absolute atomic E-state index is 0.176. The van der Waals surface area contributed by atoms with E-state index in [1.807, 2.05) is 19.9 Å². The molecule has 2 aliphatic heterocycles. The molecule has 2 N–H and O–H groups in total. The van der Waals surface area contributed by atoms with Crippen molar-refractivity contribution in [3.05, 3.63) is 18.2 Å². The first-order chi connectivity index (χ1) is 10.1. The Hall–Kier alpha value is -1.42. The van der Waals surface area contributed by atoms with E-state index in [-0.39, 0.29) is 6.10 Å².